The molecule has 0 saturated carbocycles. The Morgan fingerprint density at radius 3 is 2.72 bits per heavy atom. The van der Waals surface area contributed by atoms with Gasteiger partial charge in [0, 0.05) is 24.5 Å². The summed E-state index contributed by atoms with van der Waals surface area (Å²) in [6, 6.07) is 3.87. The van der Waals surface area contributed by atoms with Crippen LogP contribution in [0.25, 0.3) is 0 Å². The highest BCUT2D eigenvalue weighted by atomic mass is 16.4. The van der Waals surface area contributed by atoms with Crippen molar-refractivity contribution in [2.45, 2.75) is 46.1 Å². The zero-order chi connectivity index (χ0) is 13.5. The molecule has 4 heteroatoms. The minimum atomic E-state index is -0.978. The van der Waals surface area contributed by atoms with Gasteiger partial charge in [-0.3, -0.25) is 0 Å². The van der Waals surface area contributed by atoms with E-state index in [1.54, 1.807) is 12.3 Å². The third-order valence-corrected chi connectivity index (χ3v) is 2.92. The summed E-state index contributed by atoms with van der Waals surface area (Å²) >= 11 is 0. The van der Waals surface area contributed by atoms with Gasteiger partial charge in [-0.15, -0.1) is 0 Å². The van der Waals surface area contributed by atoms with E-state index in [4.69, 9.17) is 5.11 Å². The number of pyridine rings is 1. The molecule has 4 nitrogen and oxygen atoms in total. The number of hydrogen-bond acceptors (Lipinski definition) is 3. The third-order valence-electron chi connectivity index (χ3n) is 2.92. The third kappa shape index (κ3) is 4.02. The number of carbonyl (C=O) groups is 1. The van der Waals surface area contributed by atoms with Gasteiger partial charge >= 0.3 is 5.97 Å². The highest BCUT2D eigenvalue weighted by molar-refractivity contribution is 5.86. The lowest BCUT2D eigenvalue weighted by Crippen LogP contribution is -2.32. The molecule has 1 aromatic heterocycles. The molecule has 18 heavy (non-hydrogen) atoms. The SMILES string of the molecule is CCCCCN(c1ccnc(C(=O)O)c1)C(C)C. The zero-order valence-electron chi connectivity index (χ0n) is 11.4. The monoisotopic (exact) mass is 250 g/mol. The van der Waals surface area contributed by atoms with Crippen LogP contribution in [0.3, 0.4) is 0 Å². The average Bonchev–Trinajstić information content (AvgIpc) is 2.34. The molecule has 0 saturated heterocycles. The molecule has 0 spiro atoms. The van der Waals surface area contributed by atoms with E-state index < -0.39 is 5.97 Å². The number of unbranched alkanes of at least 4 members (excludes halogenated alkanes) is 2. The summed E-state index contributed by atoms with van der Waals surface area (Å²) in [5.41, 5.74) is 1.04. The smallest absolute Gasteiger partial charge is 0.354 e. The highest BCUT2D eigenvalue weighted by Gasteiger charge is 2.13. The fraction of sp³-hybridized carbons (Fsp3) is 0.571. The molecule has 0 amide bonds. The molecule has 0 aliphatic rings. The molecule has 1 rings (SSSR count). The van der Waals surface area contributed by atoms with Gasteiger partial charge in [0.05, 0.1) is 0 Å². The molecule has 1 aromatic rings. The Morgan fingerprint density at radius 1 is 1.44 bits per heavy atom. The van der Waals surface area contributed by atoms with Gasteiger partial charge < -0.3 is 10.0 Å². The van der Waals surface area contributed by atoms with Gasteiger partial charge in [-0.25, -0.2) is 9.78 Å². The molecule has 0 aliphatic heterocycles. The van der Waals surface area contributed by atoms with Crippen LogP contribution in [0, 0.1) is 0 Å². The number of nitrogens with zero attached hydrogens (tertiary/aromatic N) is 2. The summed E-state index contributed by atoms with van der Waals surface area (Å²) in [6.45, 7) is 7.36. The van der Waals surface area contributed by atoms with Gasteiger partial charge in [-0.1, -0.05) is 19.8 Å². The van der Waals surface area contributed by atoms with E-state index in [0.717, 1.165) is 18.7 Å². The number of aromatic nitrogens is 1. The average molecular weight is 250 g/mol. The largest absolute Gasteiger partial charge is 0.477 e. The van der Waals surface area contributed by atoms with E-state index in [1.807, 2.05) is 6.07 Å². The first kappa shape index (κ1) is 14.5. The Morgan fingerprint density at radius 2 is 2.17 bits per heavy atom. The fourth-order valence-corrected chi connectivity index (χ4v) is 1.93. The first-order chi connectivity index (χ1) is 8.56. The molecule has 100 valence electrons. The Hall–Kier alpha value is -1.58. The maximum absolute atomic E-state index is 10.9. The quantitative estimate of drug-likeness (QED) is 0.755. The number of rotatable bonds is 7. The van der Waals surface area contributed by atoms with Crippen molar-refractivity contribution in [3.63, 3.8) is 0 Å². The summed E-state index contributed by atoms with van der Waals surface area (Å²) in [7, 11) is 0. The van der Waals surface area contributed by atoms with Crippen LogP contribution >= 0.6 is 0 Å². The van der Waals surface area contributed by atoms with Crippen LogP contribution < -0.4 is 4.90 Å². The van der Waals surface area contributed by atoms with E-state index in [2.05, 4.69) is 30.7 Å². The lowest BCUT2D eigenvalue weighted by molar-refractivity contribution is 0.0690. The second-order valence-corrected chi connectivity index (χ2v) is 4.70. The van der Waals surface area contributed by atoms with Gasteiger partial charge in [0.1, 0.15) is 5.69 Å². The maximum Gasteiger partial charge on any atom is 0.354 e. The van der Waals surface area contributed by atoms with Gasteiger partial charge in [0.25, 0.3) is 0 Å². The molecule has 0 radical (unpaired) electrons. The van der Waals surface area contributed by atoms with E-state index in [-0.39, 0.29) is 5.69 Å². The van der Waals surface area contributed by atoms with Crippen LogP contribution in [0.2, 0.25) is 0 Å². The van der Waals surface area contributed by atoms with Crippen LogP contribution in [0.1, 0.15) is 50.5 Å². The molecule has 1 N–H and O–H groups in total. The minimum absolute atomic E-state index is 0.105. The maximum atomic E-state index is 10.9. The van der Waals surface area contributed by atoms with Crippen molar-refractivity contribution in [3.05, 3.63) is 24.0 Å². The highest BCUT2D eigenvalue weighted by Crippen LogP contribution is 2.18. The number of carboxylic acid groups (broad SMARTS) is 1. The molecule has 0 aromatic carbocycles. The standard InChI is InChI=1S/C14H22N2O2/c1-4-5-6-9-16(11(2)3)12-7-8-15-13(10-12)14(17)18/h7-8,10-11H,4-6,9H2,1-3H3,(H,17,18). The summed E-state index contributed by atoms with van der Waals surface area (Å²) in [6.07, 6.45) is 5.07. The summed E-state index contributed by atoms with van der Waals surface area (Å²) in [5, 5.41) is 8.96. The molecule has 0 unspecified atom stereocenters. The number of aromatic carboxylic acids is 1. The van der Waals surface area contributed by atoms with Crippen molar-refractivity contribution in [1.82, 2.24) is 4.98 Å². The van der Waals surface area contributed by atoms with Gasteiger partial charge in [0.15, 0.2) is 0 Å². The van der Waals surface area contributed by atoms with E-state index in [9.17, 15) is 4.79 Å². The van der Waals surface area contributed by atoms with Crippen molar-refractivity contribution >= 4 is 11.7 Å². The van der Waals surface area contributed by atoms with Gasteiger partial charge in [-0.05, 0) is 32.4 Å². The molecule has 0 atom stereocenters. The molecule has 0 fully saturated rings. The second kappa shape index (κ2) is 6.99. The topological polar surface area (TPSA) is 53.4 Å². The first-order valence-electron chi connectivity index (χ1n) is 6.52. The Bertz CT molecular complexity index is 391. The summed E-state index contributed by atoms with van der Waals surface area (Å²) in [4.78, 5) is 17.0. The van der Waals surface area contributed by atoms with Crippen molar-refractivity contribution < 1.29 is 9.90 Å². The van der Waals surface area contributed by atoms with E-state index in [1.165, 1.54) is 12.8 Å². The number of anilines is 1. The predicted molar refractivity (Wildman–Crippen MR) is 73.2 cm³/mol. The number of hydrogen-bond donors (Lipinski definition) is 1. The summed E-state index contributed by atoms with van der Waals surface area (Å²) in [5.74, 6) is -0.978. The van der Waals surface area contributed by atoms with Crippen molar-refractivity contribution in [3.8, 4) is 0 Å². The van der Waals surface area contributed by atoms with Crippen LogP contribution in [-0.2, 0) is 0 Å². The molecule has 0 bridgehead atoms. The Kier molecular flexibility index (Phi) is 5.62. The van der Waals surface area contributed by atoms with Crippen LogP contribution in [0.4, 0.5) is 5.69 Å². The van der Waals surface area contributed by atoms with Gasteiger partial charge in [-0.2, -0.15) is 0 Å². The fourth-order valence-electron chi connectivity index (χ4n) is 1.93. The van der Waals surface area contributed by atoms with Crippen LogP contribution in [-0.4, -0.2) is 28.6 Å². The molecular formula is C14H22N2O2. The van der Waals surface area contributed by atoms with Crippen LogP contribution in [0.15, 0.2) is 18.3 Å². The summed E-state index contributed by atoms with van der Waals surface area (Å²) < 4.78 is 0. The molecular weight excluding hydrogens is 228 g/mol. The minimum Gasteiger partial charge on any atom is -0.477 e. The first-order valence-corrected chi connectivity index (χ1v) is 6.52. The Labute approximate surface area is 109 Å². The van der Waals surface area contributed by atoms with Crippen molar-refractivity contribution in [2.75, 3.05) is 11.4 Å². The normalized spacial score (nSPS) is 10.7. The van der Waals surface area contributed by atoms with Crippen LogP contribution in [0.5, 0.6) is 0 Å². The Balaban J connectivity index is 2.84. The van der Waals surface area contributed by atoms with Gasteiger partial charge in [0.2, 0.25) is 0 Å². The predicted octanol–water partition coefficient (Wildman–Crippen LogP) is 3.18. The van der Waals surface area contributed by atoms with Crippen molar-refractivity contribution in [1.29, 1.82) is 0 Å². The van der Waals surface area contributed by atoms with E-state index in [0.29, 0.717) is 6.04 Å². The number of carboxylic acids is 1. The lowest BCUT2D eigenvalue weighted by Gasteiger charge is -2.29. The molecule has 1 heterocycles. The lowest BCUT2D eigenvalue weighted by atomic mass is 10.2. The van der Waals surface area contributed by atoms with E-state index >= 15 is 0 Å². The van der Waals surface area contributed by atoms with Crippen molar-refractivity contribution in [2.24, 2.45) is 0 Å². The second-order valence-electron chi connectivity index (χ2n) is 4.70. The zero-order valence-corrected chi connectivity index (χ0v) is 11.4. The molecule has 0 aliphatic carbocycles.